The Morgan fingerprint density at radius 1 is 1.30 bits per heavy atom. The van der Waals surface area contributed by atoms with Crippen LogP contribution in [0.25, 0.3) is 0 Å². The number of hydrogen-bond donors (Lipinski definition) is 0. The van der Waals surface area contributed by atoms with E-state index in [1.54, 1.807) is 11.1 Å². The summed E-state index contributed by atoms with van der Waals surface area (Å²) >= 11 is 0. The van der Waals surface area contributed by atoms with Crippen molar-refractivity contribution in [2.75, 3.05) is 7.05 Å². The molecule has 0 aromatic heterocycles. The van der Waals surface area contributed by atoms with Crippen LogP contribution in [0.1, 0.15) is 58.8 Å². The largest absolute Gasteiger partial charge is 0.351 e. The van der Waals surface area contributed by atoms with Crippen molar-refractivity contribution in [2.45, 2.75) is 58.8 Å². The summed E-state index contributed by atoms with van der Waals surface area (Å²) in [5.74, 6) is 0.567. The van der Waals surface area contributed by atoms with Crippen LogP contribution < -0.4 is 0 Å². The Bertz CT molecular complexity index is 450. The van der Waals surface area contributed by atoms with Gasteiger partial charge in [-0.1, -0.05) is 39.0 Å². The van der Waals surface area contributed by atoms with Gasteiger partial charge in [-0.25, -0.2) is 0 Å². The van der Waals surface area contributed by atoms with Crippen LogP contribution in [0.15, 0.2) is 47.3 Å². The van der Waals surface area contributed by atoms with Crippen molar-refractivity contribution in [3.05, 3.63) is 47.3 Å². The summed E-state index contributed by atoms with van der Waals surface area (Å²) in [6.07, 6.45) is 15.5. The molecule has 0 saturated heterocycles. The van der Waals surface area contributed by atoms with E-state index in [0.717, 1.165) is 12.8 Å². The molecule has 1 fully saturated rings. The minimum Gasteiger partial charge on any atom is -0.351 e. The second kappa shape index (κ2) is 6.97. The van der Waals surface area contributed by atoms with Gasteiger partial charge in [0.15, 0.2) is 0 Å². The summed E-state index contributed by atoms with van der Waals surface area (Å²) in [4.78, 5) is 2.44. The molecule has 0 amide bonds. The number of hydrogen-bond acceptors (Lipinski definition) is 1. The zero-order chi connectivity index (χ0) is 14.5. The number of nitrogens with zero attached hydrogens (tertiary/aromatic N) is 1. The van der Waals surface area contributed by atoms with Gasteiger partial charge in [-0.05, 0) is 61.7 Å². The average Bonchev–Trinajstić information content (AvgIpc) is 2.67. The summed E-state index contributed by atoms with van der Waals surface area (Å²) in [7, 11) is 2.24. The highest BCUT2D eigenvalue weighted by Gasteiger charge is 2.23. The second-order valence-corrected chi connectivity index (χ2v) is 6.09. The lowest BCUT2D eigenvalue weighted by Gasteiger charge is -2.33. The molecule has 2 aliphatic rings. The van der Waals surface area contributed by atoms with Gasteiger partial charge in [0.2, 0.25) is 0 Å². The zero-order valence-corrected chi connectivity index (χ0v) is 13.4. The van der Waals surface area contributed by atoms with Crippen LogP contribution in [0, 0.1) is 5.92 Å². The lowest BCUT2D eigenvalue weighted by Crippen LogP contribution is -2.24. The van der Waals surface area contributed by atoms with Crippen molar-refractivity contribution in [1.82, 2.24) is 4.90 Å². The highest BCUT2D eigenvalue weighted by atomic mass is 15.1. The fraction of sp³-hybridized carbons (Fsp3) is 0.579. The Morgan fingerprint density at radius 2 is 2.05 bits per heavy atom. The Hall–Kier alpha value is -1.24. The van der Waals surface area contributed by atoms with Crippen LogP contribution in [0.4, 0.5) is 0 Å². The summed E-state index contributed by atoms with van der Waals surface area (Å²) < 4.78 is 0. The van der Waals surface area contributed by atoms with Crippen molar-refractivity contribution in [1.29, 1.82) is 0 Å². The Balaban J connectivity index is 2.50. The van der Waals surface area contributed by atoms with Gasteiger partial charge in [-0.15, -0.1) is 0 Å². The molecule has 110 valence electrons. The van der Waals surface area contributed by atoms with E-state index in [1.165, 1.54) is 43.5 Å². The van der Waals surface area contributed by atoms with E-state index >= 15 is 0 Å². The van der Waals surface area contributed by atoms with E-state index in [2.05, 4.69) is 44.5 Å². The van der Waals surface area contributed by atoms with Gasteiger partial charge in [0.05, 0.1) is 0 Å². The Labute approximate surface area is 124 Å². The molecule has 1 nitrogen and oxygen atoms in total. The first-order valence-corrected chi connectivity index (χ1v) is 8.16. The molecule has 20 heavy (non-hydrogen) atoms. The third-order valence-corrected chi connectivity index (χ3v) is 4.75. The quantitative estimate of drug-likeness (QED) is 0.633. The van der Waals surface area contributed by atoms with E-state index in [0.29, 0.717) is 5.92 Å². The third-order valence-electron chi connectivity index (χ3n) is 4.75. The van der Waals surface area contributed by atoms with Crippen LogP contribution in [0.5, 0.6) is 0 Å². The number of allylic oxidation sites excluding steroid dienone is 7. The summed E-state index contributed by atoms with van der Waals surface area (Å²) in [5, 5.41) is 0. The lowest BCUT2D eigenvalue weighted by molar-refractivity contribution is 0.418. The first-order valence-electron chi connectivity index (χ1n) is 8.16. The topological polar surface area (TPSA) is 3.24 Å². The highest BCUT2D eigenvalue weighted by molar-refractivity contribution is 5.39. The van der Waals surface area contributed by atoms with Gasteiger partial charge in [0.25, 0.3) is 0 Å². The molecule has 0 spiro atoms. The molecule has 2 rings (SSSR count). The maximum atomic E-state index is 3.89. The maximum Gasteiger partial charge on any atom is 0.0205 e. The zero-order valence-electron chi connectivity index (χ0n) is 13.4. The standard InChI is InChI=1S/C19H29N/c1-5-10-19-15(3)13-14-16-11-8-7-9-12-17(16)18(6-2)20(19)4/h5,10,14-15H,1,6-9,11-13H2,2-4H3/b16-14+,18-17-,19-10-. The first-order chi connectivity index (χ1) is 9.69. The predicted molar refractivity (Wildman–Crippen MR) is 88.3 cm³/mol. The van der Waals surface area contributed by atoms with E-state index in [9.17, 15) is 0 Å². The van der Waals surface area contributed by atoms with E-state index in [-0.39, 0.29) is 0 Å². The van der Waals surface area contributed by atoms with Crippen LogP contribution >= 0.6 is 0 Å². The van der Waals surface area contributed by atoms with Crippen molar-refractivity contribution in [3.63, 3.8) is 0 Å². The molecule has 1 aliphatic carbocycles. The second-order valence-electron chi connectivity index (χ2n) is 6.09. The molecule has 0 aromatic carbocycles. The molecule has 1 unspecified atom stereocenters. The van der Waals surface area contributed by atoms with Crippen molar-refractivity contribution in [3.8, 4) is 0 Å². The molecular formula is C19H29N. The van der Waals surface area contributed by atoms with Gasteiger partial charge in [0.1, 0.15) is 0 Å². The van der Waals surface area contributed by atoms with Crippen LogP contribution in [-0.4, -0.2) is 11.9 Å². The fourth-order valence-corrected chi connectivity index (χ4v) is 3.64. The van der Waals surface area contributed by atoms with Crippen molar-refractivity contribution in [2.24, 2.45) is 5.92 Å². The monoisotopic (exact) mass is 271 g/mol. The molecule has 0 aromatic rings. The predicted octanol–water partition coefficient (Wildman–Crippen LogP) is 5.58. The normalized spacial score (nSPS) is 32.8. The summed E-state index contributed by atoms with van der Waals surface area (Å²) in [6.45, 7) is 8.51. The maximum absolute atomic E-state index is 3.89. The number of fused-ring (bicyclic) bond motifs is 1. The van der Waals surface area contributed by atoms with Crippen LogP contribution in [0.2, 0.25) is 0 Å². The van der Waals surface area contributed by atoms with E-state index in [1.807, 2.05) is 6.08 Å². The van der Waals surface area contributed by atoms with Gasteiger partial charge in [0, 0.05) is 18.4 Å². The minimum atomic E-state index is 0.567. The highest BCUT2D eigenvalue weighted by Crippen LogP contribution is 2.37. The van der Waals surface area contributed by atoms with Gasteiger partial charge >= 0.3 is 0 Å². The molecule has 1 aliphatic heterocycles. The Morgan fingerprint density at radius 3 is 2.75 bits per heavy atom. The van der Waals surface area contributed by atoms with Crippen molar-refractivity contribution >= 4 is 0 Å². The first kappa shape index (κ1) is 15.2. The van der Waals surface area contributed by atoms with Gasteiger partial charge in [-0.3, -0.25) is 0 Å². The van der Waals surface area contributed by atoms with E-state index < -0.39 is 0 Å². The number of rotatable bonds is 2. The van der Waals surface area contributed by atoms with Crippen molar-refractivity contribution < 1.29 is 0 Å². The molecule has 1 heteroatoms. The molecule has 0 bridgehead atoms. The molecule has 0 N–H and O–H groups in total. The fourth-order valence-electron chi connectivity index (χ4n) is 3.64. The molecule has 0 radical (unpaired) electrons. The van der Waals surface area contributed by atoms with Crippen LogP contribution in [0.3, 0.4) is 0 Å². The van der Waals surface area contributed by atoms with Gasteiger partial charge in [-0.2, -0.15) is 0 Å². The third kappa shape index (κ3) is 3.08. The summed E-state index contributed by atoms with van der Waals surface area (Å²) in [6, 6.07) is 0. The smallest absolute Gasteiger partial charge is 0.0205 e. The molecule has 1 atom stereocenters. The van der Waals surface area contributed by atoms with E-state index in [4.69, 9.17) is 0 Å². The molecular weight excluding hydrogens is 242 g/mol. The van der Waals surface area contributed by atoms with Crippen LogP contribution in [-0.2, 0) is 0 Å². The average molecular weight is 271 g/mol. The Kier molecular flexibility index (Phi) is 5.28. The minimum absolute atomic E-state index is 0.567. The molecule has 1 heterocycles. The molecule has 1 saturated carbocycles. The SMILES string of the molecule is C=C/C=C1/C(C)C/C=C2\CCCCC\C2=C(/CC)N1C. The lowest BCUT2D eigenvalue weighted by atomic mass is 9.90. The summed E-state index contributed by atoms with van der Waals surface area (Å²) in [5.41, 5.74) is 6.20. The van der Waals surface area contributed by atoms with Gasteiger partial charge < -0.3 is 4.90 Å².